The number of hydrogen-bond donors (Lipinski definition) is 1. The molecule has 2 heteroatoms. The van der Waals surface area contributed by atoms with Gasteiger partial charge in [0.15, 0.2) is 0 Å². The molecule has 0 spiro atoms. The molecule has 0 radical (unpaired) electrons. The molecule has 2 rings (SSSR count). The van der Waals surface area contributed by atoms with Crippen molar-refractivity contribution in [2.24, 2.45) is 23.0 Å². The summed E-state index contributed by atoms with van der Waals surface area (Å²) in [5.74, 6) is 1.72. The molecule has 2 aliphatic rings. The molecule has 0 amide bonds. The zero-order chi connectivity index (χ0) is 13.4. The second-order valence-corrected chi connectivity index (χ2v) is 7.95. The van der Waals surface area contributed by atoms with Crippen LogP contribution in [0.4, 0.5) is 0 Å². The van der Waals surface area contributed by atoms with Crippen LogP contribution in [0, 0.1) is 17.3 Å². The number of piperidine rings is 1. The molecule has 2 atom stereocenters. The van der Waals surface area contributed by atoms with Crippen molar-refractivity contribution in [3.8, 4) is 0 Å². The van der Waals surface area contributed by atoms with E-state index in [9.17, 15) is 0 Å². The highest BCUT2D eigenvalue weighted by Gasteiger charge is 2.46. The van der Waals surface area contributed by atoms with Crippen LogP contribution >= 0.6 is 0 Å². The molecule has 18 heavy (non-hydrogen) atoms. The smallest absolute Gasteiger partial charge is 0.0339 e. The summed E-state index contributed by atoms with van der Waals surface area (Å²) in [6.45, 7) is 13.0. The van der Waals surface area contributed by atoms with Gasteiger partial charge in [0.25, 0.3) is 0 Å². The van der Waals surface area contributed by atoms with E-state index in [1.807, 2.05) is 0 Å². The van der Waals surface area contributed by atoms with Crippen molar-refractivity contribution in [3.63, 3.8) is 0 Å². The predicted molar refractivity (Wildman–Crippen MR) is 78.6 cm³/mol. The molecule has 106 valence electrons. The molecule has 2 fully saturated rings. The standard InChI is InChI=1S/C16H32N2/c1-13-5-7-18(8-6-13)16(12-17)10-14(2)9-15(3,4)11-16/h13-14H,5-12,17H2,1-4H3. The van der Waals surface area contributed by atoms with Gasteiger partial charge < -0.3 is 5.73 Å². The maximum atomic E-state index is 6.25. The van der Waals surface area contributed by atoms with E-state index in [2.05, 4.69) is 32.6 Å². The molecule has 1 aliphatic carbocycles. The van der Waals surface area contributed by atoms with Gasteiger partial charge in [0, 0.05) is 12.1 Å². The average molecular weight is 252 g/mol. The van der Waals surface area contributed by atoms with Crippen molar-refractivity contribution in [3.05, 3.63) is 0 Å². The molecular weight excluding hydrogens is 220 g/mol. The van der Waals surface area contributed by atoms with E-state index in [4.69, 9.17) is 5.73 Å². The summed E-state index contributed by atoms with van der Waals surface area (Å²) in [7, 11) is 0. The normalized spacial score (nSPS) is 38.8. The van der Waals surface area contributed by atoms with Crippen LogP contribution in [-0.4, -0.2) is 30.1 Å². The van der Waals surface area contributed by atoms with Gasteiger partial charge in [0.05, 0.1) is 0 Å². The first kappa shape index (κ1) is 14.3. The van der Waals surface area contributed by atoms with Gasteiger partial charge in [-0.1, -0.05) is 27.7 Å². The molecule has 2 nitrogen and oxygen atoms in total. The Kier molecular flexibility index (Phi) is 4.08. The van der Waals surface area contributed by atoms with E-state index in [1.54, 1.807) is 0 Å². The molecule has 1 saturated carbocycles. The fourth-order valence-electron chi connectivity index (χ4n) is 4.71. The molecule has 1 heterocycles. The second-order valence-electron chi connectivity index (χ2n) is 7.95. The highest BCUT2D eigenvalue weighted by Crippen LogP contribution is 2.46. The van der Waals surface area contributed by atoms with E-state index >= 15 is 0 Å². The maximum absolute atomic E-state index is 6.25. The minimum atomic E-state index is 0.293. The topological polar surface area (TPSA) is 29.3 Å². The van der Waals surface area contributed by atoms with Gasteiger partial charge in [-0.2, -0.15) is 0 Å². The molecule has 2 unspecified atom stereocenters. The van der Waals surface area contributed by atoms with Crippen LogP contribution < -0.4 is 5.73 Å². The first-order chi connectivity index (χ1) is 8.37. The van der Waals surface area contributed by atoms with Gasteiger partial charge in [-0.3, -0.25) is 4.90 Å². The zero-order valence-electron chi connectivity index (χ0n) is 12.8. The molecule has 0 bridgehead atoms. The van der Waals surface area contributed by atoms with E-state index in [0.29, 0.717) is 11.0 Å². The lowest BCUT2D eigenvalue weighted by Gasteiger charge is -2.54. The van der Waals surface area contributed by atoms with Crippen molar-refractivity contribution in [1.82, 2.24) is 4.90 Å². The number of likely N-dealkylation sites (tertiary alicyclic amines) is 1. The zero-order valence-corrected chi connectivity index (χ0v) is 12.8. The molecule has 1 saturated heterocycles. The van der Waals surface area contributed by atoms with E-state index in [-0.39, 0.29) is 0 Å². The largest absolute Gasteiger partial charge is 0.329 e. The summed E-state index contributed by atoms with van der Waals surface area (Å²) in [5.41, 5.74) is 7.00. The third-order valence-corrected chi connectivity index (χ3v) is 5.27. The quantitative estimate of drug-likeness (QED) is 0.817. The highest BCUT2D eigenvalue weighted by atomic mass is 15.2. The molecule has 0 aromatic rings. The summed E-state index contributed by atoms with van der Waals surface area (Å²) in [5, 5.41) is 0. The van der Waals surface area contributed by atoms with Crippen molar-refractivity contribution in [2.75, 3.05) is 19.6 Å². The Bertz CT molecular complexity index is 279. The third kappa shape index (κ3) is 2.91. The Hall–Kier alpha value is -0.0800. The van der Waals surface area contributed by atoms with Crippen LogP contribution in [0.3, 0.4) is 0 Å². The summed E-state index contributed by atoms with van der Waals surface area (Å²) < 4.78 is 0. The molecule has 1 aliphatic heterocycles. The lowest BCUT2D eigenvalue weighted by atomic mass is 9.63. The van der Waals surface area contributed by atoms with Crippen LogP contribution in [0.2, 0.25) is 0 Å². The first-order valence-electron chi connectivity index (χ1n) is 7.82. The van der Waals surface area contributed by atoms with Crippen LogP contribution in [0.1, 0.15) is 59.8 Å². The fourth-order valence-corrected chi connectivity index (χ4v) is 4.71. The highest BCUT2D eigenvalue weighted by molar-refractivity contribution is 5.02. The van der Waals surface area contributed by atoms with Gasteiger partial charge in [0.1, 0.15) is 0 Å². The third-order valence-electron chi connectivity index (χ3n) is 5.27. The lowest BCUT2D eigenvalue weighted by Crippen LogP contribution is -2.60. The van der Waals surface area contributed by atoms with Crippen LogP contribution in [-0.2, 0) is 0 Å². The fraction of sp³-hybridized carbons (Fsp3) is 1.00. The Balaban J connectivity index is 2.14. The van der Waals surface area contributed by atoms with Gasteiger partial charge in [-0.05, 0) is 62.4 Å². The van der Waals surface area contributed by atoms with Gasteiger partial charge in [0.2, 0.25) is 0 Å². The molecular formula is C16H32N2. The molecule has 2 N–H and O–H groups in total. The summed E-state index contributed by atoms with van der Waals surface area (Å²) in [4.78, 5) is 2.74. The first-order valence-corrected chi connectivity index (χ1v) is 7.82. The van der Waals surface area contributed by atoms with Crippen LogP contribution in [0.25, 0.3) is 0 Å². The SMILES string of the molecule is CC1CCN(C2(CN)CC(C)CC(C)(C)C2)CC1. The predicted octanol–water partition coefficient (Wildman–Crippen LogP) is 3.26. The number of nitrogens with two attached hydrogens (primary N) is 1. The van der Waals surface area contributed by atoms with E-state index in [1.165, 1.54) is 45.2 Å². The van der Waals surface area contributed by atoms with Crippen LogP contribution in [0.15, 0.2) is 0 Å². The van der Waals surface area contributed by atoms with Gasteiger partial charge in [-0.15, -0.1) is 0 Å². The monoisotopic (exact) mass is 252 g/mol. The minimum Gasteiger partial charge on any atom is -0.329 e. The second kappa shape index (κ2) is 5.13. The van der Waals surface area contributed by atoms with Crippen molar-refractivity contribution in [1.29, 1.82) is 0 Å². The van der Waals surface area contributed by atoms with E-state index in [0.717, 1.165) is 18.4 Å². The van der Waals surface area contributed by atoms with Crippen molar-refractivity contribution >= 4 is 0 Å². The number of hydrogen-bond acceptors (Lipinski definition) is 2. The van der Waals surface area contributed by atoms with E-state index < -0.39 is 0 Å². The van der Waals surface area contributed by atoms with Crippen molar-refractivity contribution < 1.29 is 0 Å². The Morgan fingerprint density at radius 1 is 1.06 bits per heavy atom. The Labute approximate surface area is 113 Å². The lowest BCUT2D eigenvalue weighted by molar-refractivity contribution is -0.0274. The van der Waals surface area contributed by atoms with Gasteiger partial charge >= 0.3 is 0 Å². The summed E-state index contributed by atoms with van der Waals surface area (Å²) in [6, 6.07) is 0. The Morgan fingerprint density at radius 3 is 2.17 bits per heavy atom. The number of nitrogens with zero attached hydrogens (tertiary/aromatic N) is 1. The molecule has 0 aromatic carbocycles. The summed E-state index contributed by atoms with van der Waals surface area (Å²) >= 11 is 0. The number of rotatable bonds is 2. The maximum Gasteiger partial charge on any atom is 0.0339 e. The Morgan fingerprint density at radius 2 is 1.67 bits per heavy atom. The summed E-state index contributed by atoms with van der Waals surface area (Å²) in [6.07, 6.45) is 6.67. The average Bonchev–Trinajstić information content (AvgIpc) is 2.27. The minimum absolute atomic E-state index is 0.293. The van der Waals surface area contributed by atoms with Gasteiger partial charge in [-0.25, -0.2) is 0 Å². The molecule has 0 aromatic heterocycles. The van der Waals surface area contributed by atoms with Crippen LogP contribution in [0.5, 0.6) is 0 Å². The van der Waals surface area contributed by atoms with Crippen molar-refractivity contribution in [2.45, 2.75) is 65.3 Å².